The fourth-order valence-electron chi connectivity index (χ4n) is 2.39. The van der Waals surface area contributed by atoms with Crippen LogP contribution in [-0.4, -0.2) is 24.0 Å². The smallest absolute Gasteiger partial charge is 0.387 e. The standard InChI is InChI=1S/C20H15F4N3OS/c1-2-9-25-20-27(26-11-14-3-6-15(21)10-17(14)22)18(12-29-20)13-4-7-16(8-5-13)28-19(23)24/h2-8,10-12,19H,1,9H2/b25-20?,26-11-. The Morgan fingerprint density at radius 3 is 2.55 bits per heavy atom. The maximum Gasteiger partial charge on any atom is 0.387 e. The summed E-state index contributed by atoms with van der Waals surface area (Å²) in [5, 5.41) is 6.07. The summed E-state index contributed by atoms with van der Waals surface area (Å²) < 4.78 is 57.5. The molecule has 1 aromatic heterocycles. The first-order chi connectivity index (χ1) is 14.0. The second kappa shape index (κ2) is 9.33. The molecular weight excluding hydrogens is 406 g/mol. The van der Waals surface area contributed by atoms with Gasteiger partial charge in [0.25, 0.3) is 0 Å². The van der Waals surface area contributed by atoms with E-state index < -0.39 is 18.2 Å². The van der Waals surface area contributed by atoms with E-state index in [0.717, 1.165) is 12.1 Å². The molecule has 9 heteroatoms. The highest BCUT2D eigenvalue weighted by Crippen LogP contribution is 2.24. The Bertz CT molecular complexity index is 1090. The first-order valence-electron chi connectivity index (χ1n) is 8.34. The van der Waals surface area contributed by atoms with Gasteiger partial charge in [-0.15, -0.1) is 17.9 Å². The van der Waals surface area contributed by atoms with Gasteiger partial charge in [0.1, 0.15) is 17.4 Å². The zero-order valence-electron chi connectivity index (χ0n) is 14.9. The van der Waals surface area contributed by atoms with E-state index in [-0.39, 0.29) is 11.3 Å². The van der Waals surface area contributed by atoms with Crippen molar-refractivity contribution in [1.82, 2.24) is 4.68 Å². The van der Waals surface area contributed by atoms with Crippen molar-refractivity contribution in [3.05, 3.63) is 82.5 Å². The van der Waals surface area contributed by atoms with Gasteiger partial charge in [0.2, 0.25) is 4.80 Å². The molecule has 0 fully saturated rings. The van der Waals surface area contributed by atoms with E-state index in [1.165, 1.54) is 40.4 Å². The van der Waals surface area contributed by atoms with E-state index in [1.807, 2.05) is 0 Å². The van der Waals surface area contributed by atoms with Crippen molar-refractivity contribution in [3.8, 4) is 17.0 Å². The van der Waals surface area contributed by atoms with Crippen LogP contribution in [0.4, 0.5) is 17.6 Å². The van der Waals surface area contributed by atoms with Gasteiger partial charge in [-0.2, -0.15) is 13.9 Å². The van der Waals surface area contributed by atoms with E-state index in [9.17, 15) is 17.6 Å². The van der Waals surface area contributed by atoms with Crippen LogP contribution in [0.15, 0.2) is 70.6 Å². The van der Waals surface area contributed by atoms with Gasteiger partial charge < -0.3 is 4.74 Å². The van der Waals surface area contributed by atoms with Crippen LogP contribution in [0, 0.1) is 11.6 Å². The van der Waals surface area contributed by atoms with Gasteiger partial charge in [-0.05, 0) is 36.4 Å². The summed E-state index contributed by atoms with van der Waals surface area (Å²) in [5.74, 6) is -1.40. The Kier molecular flexibility index (Phi) is 6.61. The Labute approximate surface area is 167 Å². The van der Waals surface area contributed by atoms with E-state index in [2.05, 4.69) is 21.4 Å². The topological polar surface area (TPSA) is 38.9 Å². The molecule has 0 N–H and O–H groups in total. The molecular formula is C20H15F4N3OS. The van der Waals surface area contributed by atoms with Gasteiger partial charge in [-0.3, -0.25) is 4.99 Å². The molecule has 150 valence electrons. The highest BCUT2D eigenvalue weighted by Gasteiger charge is 2.10. The minimum atomic E-state index is -2.91. The first-order valence-corrected chi connectivity index (χ1v) is 9.22. The van der Waals surface area contributed by atoms with Crippen molar-refractivity contribution in [2.45, 2.75) is 6.61 Å². The summed E-state index contributed by atoms with van der Waals surface area (Å²) in [6.45, 7) is 1.06. The normalized spacial score (nSPS) is 12.1. The molecule has 0 saturated carbocycles. The number of nitrogens with zero attached hydrogens (tertiary/aromatic N) is 3. The van der Waals surface area contributed by atoms with Crippen LogP contribution in [0.3, 0.4) is 0 Å². The molecule has 0 spiro atoms. The molecule has 0 radical (unpaired) electrons. The Morgan fingerprint density at radius 1 is 1.14 bits per heavy atom. The molecule has 0 saturated heterocycles. The molecule has 3 rings (SSSR count). The van der Waals surface area contributed by atoms with Gasteiger partial charge in [0, 0.05) is 22.6 Å². The molecule has 4 nitrogen and oxygen atoms in total. The van der Waals surface area contributed by atoms with Crippen molar-refractivity contribution in [2.75, 3.05) is 6.54 Å². The highest BCUT2D eigenvalue weighted by molar-refractivity contribution is 7.07. The van der Waals surface area contributed by atoms with Gasteiger partial charge in [0.05, 0.1) is 18.5 Å². The Morgan fingerprint density at radius 2 is 1.90 bits per heavy atom. The SMILES string of the molecule is C=CCN=c1scc(-c2ccc(OC(F)F)cc2)n1/N=C\c1ccc(F)cc1F. The van der Waals surface area contributed by atoms with Crippen LogP contribution in [0.2, 0.25) is 0 Å². The lowest BCUT2D eigenvalue weighted by molar-refractivity contribution is -0.0498. The minimum absolute atomic E-state index is 0.0268. The summed E-state index contributed by atoms with van der Waals surface area (Å²) in [7, 11) is 0. The summed E-state index contributed by atoms with van der Waals surface area (Å²) in [5.41, 5.74) is 1.38. The Balaban J connectivity index is 2.01. The monoisotopic (exact) mass is 421 g/mol. The average molecular weight is 421 g/mol. The second-order valence-electron chi connectivity index (χ2n) is 5.66. The lowest BCUT2D eigenvalue weighted by Crippen LogP contribution is -2.12. The molecule has 0 unspecified atom stereocenters. The van der Waals surface area contributed by atoms with Gasteiger partial charge in [-0.1, -0.05) is 6.08 Å². The number of ether oxygens (including phenoxy) is 1. The number of benzene rings is 2. The number of hydrogen-bond donors (Lipinski definition) is 0. The molecule has 0 amide bonds. The quantitative estimate of drug-likeness (QED) is 0.298. The zero-order valence-corrected chi connectivity index (χ0v) is 15.8. The third-order valence-corrected chi connectivity index (χ3v) is 4.54. The maximum absolute atomic E-state index is 13.9. The fraction of sp³-hybridized carbons (Fsp3) is 0.100. The molecule has 29 heavy (non-hydrogen) atoms. The summed E-state index contributed by atoms with van der Waals surface area (Å²) >= 11 is 1.30. The fourth-order valence-corrected chi connectivity index (χ4v) is 3.24. The molecule has 0 aliphatic rings. The third kappa shape index (κ3) is 5.20. The number of alkyl halides is 2. The average Bonchev–Trinajstić information content (AvgIpc) is 3.08. The van der Waals surface area contributed by atoms with Crippen LogP contribution in [-0.2, 0) is 0 Å². The van der Waals surface area contributed by atoms with E-state index in [1.54, 1.807) is 23.6 Å². The molecule has 2 aromatic carbocycles. The predicted octanol–water partition coefficient (Wildman–Crippen LogP) is 5.07. The molecule has 0 bridgehead atoms. The number of rotatable bonds is 7. The minimum Gasteiger partial charge on any atom is -0.435 e. The number of thiazole rings is 1. The van der Waals surface area contributed by atoms with Crippen molar-refractivity contribution < 1.29 is 22.3 Å². The lowest BCUT2D eigenvalue weighted by Gasteiger charge is -2.07. The van der Waals surface area contributed by atoms with Gasteiger partial charge >= 0.3 is 6.61 Å². The largest absolute Gasteiger partial charge is 0.435 e. The van der Waals surface area contributed by atoms with Crippen LogP contribution >= 0.6 is 11.3 Å². The van der Waals surface area contributed by atoms with Crippen molar-refractivity contribution in [3.63, 3.8) is 0 Å². The summed E-state index contributed by atoms with van der Waals surface area (Å²) in [6, 6.07) is 9.20. The van der Waals surface area contributed by atoms with Gasteiger partial charge in [-0.25, -0.2) is 13.5 Å². The molecule has 0 aliphatic heterocycles. The zero-order chi connectivity index (χ0) is 20.8. The van der Waals surface area contributed by atoms with Crippen LogP contribution < -0.4 is 9.54 Å². The highest BCUT2D eigenvalue weighted by atomic mass is 32.1. The molecule has 3 aromatic rings. The van der Waals surface area contributed by atoms with Gasteiger partial charge in [0.15, 0.2) is 0 Å². The van der Waals surface area contributed by atoms with Crippen LogP contribution in [0.25, 0.3) is 11.3 Å². The summed E-state index contributed by atoms with van der Waals surface area (Å²) in [6.07, 6.45) is 2.87. The van der Waals surface area contributed by atoms with Crippen LogP contribution in [0.5, 0.6) is 5.75 Å². The number of hydrogen-bond acceptors (Lipinski definition) is 4. The third-order valence-electron chi connectivity index (χ3n) is 3.69. The van der Waals surface area contributed by atoms with E-state index >= 15 is 0 Å². The first kappa shape index (κ1) is 20.5. The molecule has 0 atom stereocenters. The van der Waals surface area contributed by atoms with Crippen molar-refractivity contribution in [1.29, 1.82) is 0 Å². The van der Waals surface area contributed by atoms with Crippen molar-refractivity contribution in [2.24, 2.45) is 10.1 Å². The summed E-state index contributed by atoms with van der Waals surface area (Å²) in [4.78, 5) is 4.87. The maximum atomic E-state index is 13.9. The Hall–Kier alpha value is -3.20. The number of halogens is 4. The van der Waals surface area contributed by atoms with Crippen LogP contribution in [0.1, 0.15) is 5.56 Å². The number of aromatic nitrogens is 1. The van der Waals surface area contributed by atoms with Crippen molar-refractivity contribution >= 4 is 17.6 Å². The lowest BCUT2D eigenvalue weighted by atomic mass is 10.2. The van der Waals surface area contributed by atoms with E-state index in [0.29, 0.717) is 22.6 Å². The van der Waals surface area contributed by atoms with E-state index in [4.69, 9.17) is 0 Å². The predicted molar refractivity (Wildman–Crippen MR) is 104 cm³/mol. The molecule has 0 aliphatic carbocycles. The second-order valence-corrected chi connectivity index (χ2v) is 6.49. The molecule has 1 heterocycles.